The molecule has 0 fully saturated rings. The molecule has 2 unspecified atom stereocenters. The molecule has 0 aliphatic heterocycles. The number of nitrogens with one attached hydrogen (secondary N) is 1. The third-order valence-electron chi connectivity index (χ3n) is 2.87. The van der Waals surface area contributed by atoms with Gasteiger partial charge >= 0.3 is 0 Å². The molecule has 1 aromatic rings. The maximum Gasteiger partial charge on any atom is 0.151 e. The molecule has 0 heterocycles. The topological polar surface area (TPSA) is 46.2 Å². The first-order valence-electron chi connectivity index (χ1n) is 5.64. The number of hydrogen-bond donors (Lipinski definition) is 1. The van der Waals surface area contributed by atoms with Crippen LogP contribution in [0.25, 0.3) is 0 Å². The highest BCUT2D eigenvalue weighted by molar-refractivity contribution is 7.91. The molecule has 6 heteroatoms. The standard InChI is InChI=1S/C12H17F2NO2S/c1-4-15-12(8(2)18(3,16)17)10-6-5-9(13)7-11(10)14/h5-8,12,15H,4H2,1-3H3. The molecule has 1 aromatic carbocycles. The van der Waals surface area contributed by atoms with Crippen LogP contribution in [0.4, 0.5) is 8.78 Å². The largest absolute Gasteiger partial charge is 0.309 e. The maximum absolute atomic E-state index is 13.7. The van der Waals surface area contributed by atoms with Gasteiger partial charge in [-0.25, -0.2) is 17.2 Å². The van der Waals surface area contributed by atoms with E-state index >= 15 is 0 Å². The van der Waals surface area contributed by atoms with Crippen molar-refractivity contribution in [3.05, 3.63) is 35.4 Å². The third-order valence-corrected chi connectivity index (χ3v) is 4.49. The van der Waals surface area contributed by atoms with Gasteiger partial charge in [0.05, 0.1) is 11.3 Å². The highest BCUT2D eigenvalue weighted by Gasteiger charge is 2.28. The molecule has 0 amide bonds. The van der Waals surface area contributed by atoms with E-state index in [2.05, 4.69) is 5.32 Å². The average molecular weight is 277 g/mol. The molecule has 1 rings (SSSR count). The predicted molar refractivity (Wildman–Crippen MR) is 67.1 cm³/mol. The normalized spacial score (nSPS) is 15.4. The molecule has 3 nitrogen and oxygen atoms in total. The van der Waals surface area contributed by atoms with Crippen molar-refractivity contribution in [3.63, 3.8) is 0 Å². The zero-order valence-corrected chi connectivity index (χ0v) is 11.4. The Kier molecular flexibility index (Phi) is 4.81. The molecule has 0 aliphatic carbocycles. The summed E-state index contributed by atoms with van der Waals surface area (Å²) >= 11 is 0. The highest BCUT2D eigenvalue weighted by atomic mass is 32.2. The van der Waals surface area contributed by atoms with Gasteiger partial charge in [-0.05, 0) is 19.5 Å². The minimum Gasteiger partial charge on any atom is -0.309 e. The summed E-state index contributed by atoms with van der Waals surface area (Å²) in [7, 11) is -3.32. The fourth-order valence-corrected chi connectivity index (χ4v) is 2.49. The molecule has 0 bridgehead atoms. The van der Waals surface area contributed by atoms with E-state index in [1.54, 1.807) is 6.92 Å². The van der Waals surface area contributed by atoms with Crippen LogP contribution in [0.1, 0.15) is 25.5 Å². The van der Waals surface area contributed by atoms with Gasteiger partial charge in [0.25, 0.3) is 0 Å². The summed E-state index contributed by atoms with van der Waals surface area (Å²) in [4.78, 5) is 0. The van der Waals surface area contributed by atoms with Gasteiger partial charge in [0.15, 0.2) is 9.84 Å². The molecule has 0 radical (unpaired) electrons. The van der Waals surface area contributed by atoms with Crippen molar-refractivity contribution in [1.82, 2.24) is 5.32 Å². The van der Waals surface area contributed by atoms with Crippen LogP contribution in [-0.2, 0) is 9.84 Å². The van der Waals surface area contributed by atoms with Crippen molar-refractivity contribution < 1.29 is 17.2 Å². The Hall–Kier alpha value is -1.01. The summed E-state index contributed by atoms with van der Waals surface area (Å²) in [5, 5.41) is 2.13. The first-order valence-corrected chi connectivity index (χ1v) is 7.60. The number of hydrogen-bond acceptors (Lipinski definition) is 3. The summed E-state index contributed by atoms with van der Waals surface area (Å²) in [6.07, 6.45) is 1.10. The zero-order valence-electron chi connectivity index (χ0n) is 10.6. The SMILES string of the molecule is CCNC(c1ccc(F)cc1F)C(C)S(C)(=O)=O. The van der Waals surface area contributed by atoms with E-state index in [1.807, 2.05) is 0 Å². The average Bonchev–Trinajstić information content (AvgIpc) is 2.24. The van der Waals surface area contributed by atoms with Gasteiger partial charge in [-0.2, -0.15) is 0 Å². The molecule has 0 aromatic heterocycles. The first kappa shape index (κ1) is 15.0. The van der Waals surface area contributed by atoms with Crippen LogP contribution in [0.15, 0.2) is 18.2 Å². The van der Waals surface area contributed by atoms with E-state index in [-0.39, 0.29) is 5.56 Å². The molecule has 0 saturated heterocycles. The van der Waals surface area contributed by atoms with Crippen LogP contribution in [0.5, 0.6) is 0 Å². The lowest BCUT2D eigenvalue weighted by molar-refractivity contribution is 0.484. The minimum atomic E-state index is -3.32. The molecule has 2 atom stereocenters. The van der Waals surface area contributed by atoms with E-state index < -0.39 is 32.8 Å². The molecule has 1 N–H and O–H groups in total. The van der Waals surface area contributed by atoms with Crippen LogP contribution in [0.3, 0.4) is 0 Å². The Balaban J connectivity index is 3.20. The van der Waals surface area contributed by atoms with Crippen LogP contribution >= 0.6 is 0 Å². The van der Waals surface area contributed by atoms with Crippen molar-refractivity contribution in [2.75, 3.05) is 12.8 Å². The lowest BCUT2D eigenvalue weighted by Crippen LogP contribution is -2.35. The van der Waals surface area contributed by atoms with Gasteiger partial charge < -0.3 is 5.32 Å². The summed E-state index contributed by atoms with van der Waals surface area (Å²) in [5.74, 6) is -1.42. The van der Waals surface area contributed by atoms with Gasteiger partial charge in [-0.1, -0.05) is 13.0 Å². The second kappa shape index (κ2) is 5.75. The number of benzene rings is 1. The third kappa shape index (κ3) is 3.49. The van der Waals surface area contributed by atoms with Crippen molar-refractivity contribution in [2.45, 2.75) is 25.1 Å². The minimum absolute atomic E-state index is 0.163. The fraction of sp³-hybridized carbons (Fsp3) is 0.500. The monoisotopic (exact) mass is 277 g/mol. The fourth-order valence-electron chi connectivity index (χ4n) is 1.75. The van der Waals surface area contributed by atoms with Gasteiger partial charge in [0.2, 0.25) is 0 Å². The molecule has 0 spiro atoms. The van der Waals surface area contributed by atoms with E-state index in [0.717, 1.165) is 18.4 Å². The smallest absolute Gasteiger partial charge is 0.151 e. The van der Waals surface area contributed by atoms with Gasteiger partial charge in [0.1, 0.15) is 11.6 Å². The Morgan fingerprint density at radius 1 is 1.33 bits per heavy atom. The van der Waals surface area contributed by atoms with Crippen molar-refractivity contribution in [3.8, 4) is 0 Å². The van der Waals surface area contributed by atoms with Gasteiger partial charge in [-0.15, -0.1) is 0 Å². The number of sulfone groups is 1. The Labute approximate surface area is 106 Å². The number of halogens is 2. The van der Waals surface area contributed by atoms with Crippen LogP contribution in [0.2, 0.25) is 0 Å². The summed E-state index contributed by atoms with van der Waals surface area (Å²) in [6, 6.07) is 2.47. The second-order valence-corrected chi connectivity index (χ2v) is 6.64. The van der Waals surface area contributed by atoms with Crippen LogP contribution in [0, 0.1) is 11.6 Å². The van der Waals surface area contributed by atoms with E-state index in [0.29, 0.717) is 6.54 Å². The second-order valence-electron chi connectivity index (χ2n) is 4.24. The molecule has 0 saturated carbocycles. The van der Waals surface area contributed by atoms with E-state index in [4.69, 9.17) is 0 Å². The lowest BCUT2D eigenvalue weighted by Gasteiger charge is -2.24. The quantitative estimate of drug-likeness (QED) is 0.896. The maximum atomic E-state index is 13.7. The predicted octanol–water partition coefficient (Wildman–Crippen LogP) is 2.05. The van der Waals surface area contributed by atoms with Crippen LogP contribution in [-0.4, -0.2) is 26.5 Å². The highest BCUT2D eigenvalue weighted by Crippen LogP contribution is 2.24. The Morgan fingerprint density at radius 3 is 2.39 bits per heavy atom. The molecular weight excluding hydrogens is 260 g/mol. The summed E-state index contributed by atoms with van der Waals surface area (Å²) in [5.41, 5.74) is 0.163. The van der Waals surface area contributed by atoms with Gasteiger partial charge in [-0.3, -0.25) is 0 Å². The molecule has 0 aliphatic rings. The molecular formula is C12H17F2NO2S. The first-order chi connectivity index (χ1) is 8.27. The van der Waals surface area contributed by atoms with Crippen LogP contribution < -0.4 is 5.32 Å². The van der Waals surface area contributed by atoms with E-state index in [1.165, 1.54) is 13.0 Å². The molecule has 102 valence electrons. The lowest BCUT2D eigenvalue weighted by atomic mass is 10.0. The van der Waals surface area contributed by atoms with Crippen molar-refractivity contribution in [1.29, 1.82) is 0 Å². The van der Waals surface area contributed by atoms with Crippen molar-refractivity contribution in [2.24, 2.45) is 0 Å². The zero-order chi connectivity index (χ0) is 13.9. The summed E-state index contributed by atoms with van der Waals surface area (Å²) < 4.78 is 49.7. The van der Waals surface area contributed by atoms with Crippen molar-refractivity contribution >= 4 is 9.84 Å². The Bertz CT molecular complexity index is 517. The molecule has 18 heavy (non-hydrogen) atoms. The Morgan fingerprint density at radius 2 is 1.94 bits per heavy atom. The van der Waals surface area contributed by atoms with E-state index in [9.17, 15) is 17.2 Å². The number of rotatable bonds is 5. The summed E-state index contributed by atoms with van der Waals surface area (Å²) in [6.45, 7) is 3.79. The van der Waals surface area contributed by atoms with Gasteiger partial charge in [0, 0.05) is 17.9 Å².